The minimum absolute atomic E-state index is 1.88. The molecule has 0 unspecified atom stereocenters. The molecule has 0 radical (unpaired) electrons. The zero-order valence-corrected chi connectivity index (χ0v) is 7.09. The molecule has 0 aliphatic rings. The molecule has 6 heteroatoms. The fraction of sp³-hybridized carbons (Fsp3) is 0.143. The van der Waals surface area contributed by atoms with Gasteiger partial charge in [-0.05, 0) is 11.6 Å². The van der Waals surface area contributed by atoms with Crippen LogP contribution in [0.5, 0.6) is 0 Å². The van der Waals surface area contributed by atoms with Crippen molar-refractivity contribution in [3.05, 3.63) is 30.6 Å². The number of carboxylic acids is 1. The standard InChI is InChI=1S/C5H5N.C2HClF2O2/c1-2-4-6-5-3-1;3-2(4,5)1(6)7/h1-5H;(H,6,7). The van der Waals surface area contributed by atoms with Crippen LogP contribution in [0.2, 0.25) is 0 Å². The predicted molar refractivity (Wildman–Crippen MR) is 38.8 cm³/mol. The van der Waals surface area contributed by atoms with E-state index in [2.05, 4.69) is 16.6 Å². The summed E-state index contributed by atoms with van der Waals surface area (Å²) in [6, 6.07) is 5.86. The highest BCUT2D eigenvalue weighted by atomic mass is 35.5. The zero-order valence-electron chi connectivity index (χ0n) is 6.34. The summed E-state index contributed by atoms with van der Waals surface area (Å²) in [6.45, 7) is 0. The maximum Gasteiger partial charge on any atom is 0.362 e. The molecule has 0 fully saturated rings. The second kappa shape index (κ2) is 5.42. The average Bonchev–Trinajstić information content (AvgIpc) is 2.07. The van der Waals surface area contributed by atoms with Gasteiger partial charge >= 0.3 is 5.38 Å². The van der Waals surface area contributed by atoms with Crippen LogP contribution in [-0.2, 0) is 4.79 Å². The number of nitrogens with one attached hydrogen (secondary N) is 1. The smallest absolute Gasteiger partial charge is 0.362 e. The number of carboxylic acid groups (broad SMARTS) is 1. The Morgan fingerprint density at radius 3 is 1.77 bits per heavy atom. The van der Waals surface area contributed by atoms with Gasteiger partial charge in [0.05, 0.1) is 0 Å². The van der Waals surface area contributed by atoms with Crippen molar-refractivity contribution in [3.63, 3.8) is 0 Å². The van der Waals surface area contributed by atoms with Crippen LogP contribution in [0.15, 0.2) is 30.6 Å². The fourth-order valence-corrected chi connectivity index (χ4v) is 0.342. The molecule has 3 nitrogen and oxygen atoms in total. The van der Waals surface area contributed by atoms with E-state index in [0.717, 1.165) is 0 Å². The van der Waals surface area contributed by atoms with Crippen molar-refractivity contribution in [2.75, 3.05) is 0 Å². The van der Waals surface area contributed by atoms with Gasteiger partial charge in [0.2, 0.25) is 0 Å². The van der Waals surface area contributed by atoms with Gasteiger partial charge in [-0.3, -0.25) is 0 Å². The maximum atomic E-state index is 10.9. The lowest BCUT2D eigenvalue weighted by Gasteiger charge is -2.05. The van der Waals surface area contributed by atoms with Crippen LogP contribution in [0.3, 0.4) is 0 Å². The van der Waals surface area contributed by atoms with Crippen molar-refractivity contribution >= 4 is 17.6 Å². The Bertz CT molecular complexity index is 224. The summed E-state index contributed by atoms with van der Waals surface area (Å²) in [5.41, 5.74) is 0. The topological polar surface area (TPSA) is 54.3 Å². The molecular formula is C7H6ClF2NO2. The Kier molecular flexibility index (Phi) is 4.91. The second-order valence-corrected chi connectivity index (χ2v) is 2.34. The minimum atomic E-state index is -4.22. The van der Waals surface area contributed by atoms with Gasteiger partial charge in [0, 0.05) is 12.1 Å². The molecular weight excluding hydrogens is 204 g/mol. The first kappa shape index (κ1) is 11.8. The number of carbonyl (C=O) groups excluding carboxylic acids is 1. The van der Waals surface area contributed by atoms with Crippen molar-refractivity contribution in [3.8, 4) is 0 Å². The highest BCUT2D eigenvalue weighted by Crippen LogP contribution is 2.15. The lowest BCUT2D eigenvalue weighted by atomic mass is 10.5. The number of aliphatic carboxylic acids is 1. The van der Waals surface area contributed by atoms with Crippen molar-refractivity contribution in [1.82, 2.24) is 0 Å². The van der Waals surface area contributed by atoms with E-state index >= 15 is 0 Å². The van der Waals surface area contributed by atoms with Gasteiger partial charge in [-0.15, -0.1) is 0 Å². The summed E-state index contributed by atoms with van der Waals surface area (Å²) in [5, 5.41) is 4.81. The molecule has 1 aromatic heterocycles. The van der Waals surface area contributed by atoms with Gasteiger partial charge in [0.25, 0.3) is 0 Å². The first-order valence-corrected chi connectivity index (χ1v) is 3.51. The molecule has 0 aromatic carbocycles. The van der Waals surface area contributed by atoms with Crippen LogP contribution in [0.25, 0.3) is 0 Å². The van der Waals surface area contributed by atoms with Gasteiger partial charge < -0.3 is 9.90 Å². The Morgan fingerprint density at radius 2 is 1.69 bits per heavy atom. The van der Waals surface area contributed by atoms with Crippen molar-refractivity contribution in [1.29, 1.82) is 0 Å². The van der Waals surface area contributed by atoms with E-state index in [1.54, 1.807) is 0 Å². The minimum Gasteiger partial charge on any atom is -0.543 e. The van der Waals surface area contributed by atoms with Crippen LogP contribution < -0.4 is 10.1 Å². The third-order valence-corrected chi connectivity index (χ3v) is 0.993. The molecule has 0 spiro atoms. The molecule has 0 saturated heterocycles. The van der Waals surface area contributed by atoms with Crippen LogP contribution in [0, 0.1) is 0 Å². The van der Waals surface area contributed by atoms with Gasteiger partial charge in [-0.2, -0.15) is 8.78 Å². The lowest BCUT2D eigenvalue weighted by molar-refractivity contribution is -0.377. The van der Waals surface area contributed by atoms with E-state index in [0.29, 0.717) is 0 Å². The van der Waals surface area contributed by atoms with Gasteiger partial charge in [0.1, 0.15) is 5.97 Å². The molecule has 1 N–H and O–H groups in total. The van der Waals surface area contributed by atoms with Crippen molar-refractivity contribution < 1.29 is 23.7 Å². The number of halogens is 3. The fourth-order valence-electron chi connectivity index (χ4n) is 0.342. The number of H-pyrrole nitrogens is 1. The Hall–Kier alpha value is -1.23. The number of aromatic nitrogens is 1. The van der Waals surface area contributed by atoms with E-state index in [1.807, 2.05) is 30.6 Å². The highest BCUT2D eigenvalue weighted by molar-refractivity contribution is 6.30. The highest BCUT2D eigenvalue weighted by Gasteiger charge is 2.25. The van der Waals surface area contributed by atoms with E-state index < -0.39 is 11.4 Å². The Morgan fingerprint density at radius 1 is 1.31 bits per heavy atom. The van der Waals surface area contributed by atoms with E-state index in [9.17, 15) is 8.78 Å². The normalized spacial score (nSPS) is 9.77. The van der Waals surface area contributed by atoms with Crippen molar-refractivity contribution in [2.45, 2.75) is 5.38 Å². The summed E-state index contributed by atoms with van der Waals surface area (Å²) in [6.07, 6.45) is 3.75. The van der Waals surface area contributed by atoms with Gasteiger partial charge in [-0.25, -0.2) is 4.98 Å². The quantitative estimate of drug-likeness (QED) is 0.615. The van der Waals surface area contributed by atoms with E-state index in [4.69, 9.17) is 9.90 Å². The number of hydrogen-bond donors (Lipinski definition) is 0. The molecule has 0 aliphatic heterocycles. The van der Waals surface area contributed by atoms with Crippen LogP contribution in [0.1, 0.15) is 0 Å². The van der Waals surface area contributed by atoms with Crippen molar-refractivity contribution in [2.24, 2.45) is 0 Å². The monoisotopic (exact) mass is 209 g/mol. The third-order valence-electron chi connectivity index (χ3n) is 0.839. The summed E-state index contributed by atoms with van der Waals surface area (Å²) >= 11 is 3.87. The van der Waals surface area contributed by atoms with Gasteiger partial charge in [0.15, 0.2) is 12.4 Å². The Labute approximate surface area is 78.0 Å². The first-order valence-electron chi connectivity index (χ1n) is 3.14. The molecule has 0 saturated carbocycles. The molecule has 0 aliphatic carbocycles. The SMILES string of the molecule is O=C([O-])C(F)(F)Cl.c1cc[nH+]cc1. The number of rotatable bonds is 1. The lowest BCUT2D eigenvalue weighted by Crippen LogP contribution is -2.36. The summed E-state index contributed by atoms with van der Waals surface area (Å²) in [5.74, 6) is -2.57. The molecule has 1 rings (SSSR count). The maximum absolute atomic E-state index is 10.9. The molecule has 0 atom stereocenters. The number of carbonyl (C=O) groups is 1. The molecule has 13 heavy (non-hydrogen) atoms. The molecule has 1 heterocycles. The molecule has 1 aromatic rings. The predicted octanol–water partition coefficient (Wildman–Crippen LogP) is 0.0686. The number of pyridine rings is 1. The molecule has 0 amide bonds. The van der Waals surface area contributed by atoms with Gasteiger partial charge in [-0.1, -0.05) is 6.07 Å². The summed E-state index contributed by atoms with van der Waals surface area (Å²) < 4.78 is 21.9. The van der Waals surface area contributed by atoms with E-state index in [1.165, 1.54) is 0 Å². The molecule has 72 valence electrons. The third kappa shape index (κ3) is 7.14. The van der Waals surface area contributed by atoms with Crippen LogP contribution in [0.4, 0.5) is 8.78 Å². The van der Waals surface area contributed by atoms with E-state index in [-0.39, 0.29) is 0 Å². The van der Waals surface area contributed by atoms with Crippen LogP contribution >= 0.6 is 11.6 Å². The molecule has 0 bridgehead atoms. The van der Waals surface area contributed by atoms with Crippen LogP contribution in [-0.4, -0.2) is 11.4 Å². The summed E-state index contributed by atoms with van der Waals surface area (Å²) in [7, 11) is 0. The summed E-state index contributed by atoms with van der Waals surface area (Å²) in [4.78, 5) is 11.9. The second-order valence-electron chi connectivity index (χ2n) is 1.86. The average molecular weight is 210 g/mol. The number of hydrogen-bond acceptors (Lipinski definition) is 2. The number of alkyl halides is 3. The number of aromatic amines is 1. The Balaban J connectivity index is 0.000000223. The zero-order chi connectivity index (χ0) is 10.3. The first-order chi connectivity index (χ1) is 5.94. The largest absolute Gasteiger partial charge is 0.543 e.